The number of halogens is 3. The maximum Gasteiger partial charge on any atom is 0.416 e. The smallest absolute Gasteiger partial charge is 0.340 e. The lowest BCUT2D eigenvalue weighted by Gasteiger charge is -2.44. The highest BCUT2D eigenvalue weighted by Crippen LogP contribution is 2.36. The fraction of sp³-hybridized carbons (Fsp3) is 0.680. The summed E-state index contributed by atoms with van der Waals surface area (Å²) in [6.45, 7) is 9.17. The molecule has 0 unspecified atom stereocenters. The van der Waals surface area contributed by atoms with Crippen LogP contribution in [0.2, 0.25) is 0 Å². The van der Waals surface area contributed by atoms with Crippen molar-refractivity contribution in [2.24, 2.45) is 5.92 Å². The molecule has 2 amide bonds. The third-order valence-electron chi connectivity index (χ3n) is 7.30. The van der Waals surface area contributed by atoms with E-state index in [0.29, 0.717) is 24.9 Å². The van der Waals surface area contributed by atoms with Gasteiger partial charge in [-0.1, -0.05) is 33.3 Å². The molecule has 4 atom stereocenters. The molecule has 1 heterocycles. The normalized spacial score (nSPS) is 26.2. The van der Waals surface area contributed by atoms with Gasteiger partial charge < -0.3 is 15.1 Å². The van der Waals surface area contributed by atoms with E-state index in [-0.39, 0.29) is 17.5 Å². The van der Waals surface area contributed by atoms with Gasteiger partial charge in [0.2, 0.25) is 5.91 Å². The predicted molar refractivity (Wildman–Crippen MR) is 122 cm³/mol. The van der Waals surface area contributed by atoms with E-state index in [9.17, 15) is 22.8 Å². The fourth-order valence-corrected chi connectivity index (χ4v) is 5.63. The van der Waals surface area contributed by atoms with Crippen molar-refractivity contribution in [2.75, 3.05) is 19.6 Å². The number of likely N-dealkylation sites (tertiary alicyclic amines) is 1. The molecule has 3 rings (SSSR count). The molecule has 2 aliphatic rings. The highest BCUT2D eigenvalue weighted by atomic mass is 19.4. The van der Waals surface area contributed by atoms with Crippen LogP contribution in [0.3, 0.4) is 0 Å². The van der Waals surface area contributed by atoms with Crippen LogP contribution in [0, 0.1) is 5.92 Å². The SMILES string of the molecule is CCC[C@H]1C[C@H](N(CC)CC)CC[C@@H]1N1CC[C@H](NC(=O)c2cccc(C(F)(F)F)c2)C1=O. The summed E-state index contributed by atoms with van der Waals surface area (Å²) in [6.07, 6.45) is 1.17. The Bertz CT molecular complexity index is 825. The van der Waals surface area contributed by atoms with Gasteiger partial charge in [0.15, 0.2) is 0 Å². The Morgan fingerprint density at radius 2 is 1.88 bits per heavy atom. The summed E-state index contributed by atoms with van der Waals surface area (Å²) in [7, 11) is 0. The number of nitrogens with zero attached hydrogens (tertiary/aromatic N) is 2. The number of rotatable bonds is 8. The Labute approximate surface area is 194 Å². The molecular weight excluding hydrogens is 431 g/mol. The van der Waals surface area contributed by atoms with Crippen LogP contribution in [-0.4, -0.2) is 59.4 Å². The van der Waals surface area contributed by atoms with Crippen LogP contribution < -0.4 is 5.32 Å². The monoisotopic (exact) mass is 467 g/mol. The molecule has 1 N–H and O–H groups in total. The van der Waals surface area contributed by atoms with Gasteiger partial charge in [-0.2, -0.15) is 13.2 Å². The quantitative estimate of drug-likeness (QED) is 0.602. The molecule has 1 aliphatic heterocycles. The van der Waals surface area contributed by atoms with Gasteiger partial charge in [0.25, 0.3) is 5.91 Å². The molecule has 0 spiro atoms. The molecule has 1 aliphatic carbocycles. The zero-order valence-electron chi connectivity index (χ0n) is 19.8. The molecule has 8 heteroatoms. The number of nitrogens with one attached hydrogen (secondary N) is 1. The average Bonchev–Trinajstić information content (AvgIpc) is 3.14. The van der Waals surface area contributed by atoms with Crippen molar-refractivity contribution in [3.05, 3.63) is 35.4 Å². The van der Waals surface area contributed by atoms with E-state index in [2.05, 4.69) is 31.0 Å². The summed E-state index contributed by atoms with van der Waals surface area (Å²) >= 11 is 0. The average molecular weight is 468 g/mol. The maximum absolute atomic E-state index is 13.2. The summed E-state index contributed by atoms with van der Waals surface area (Å²) in [5.41, 5.74) is -0.957. The van der Waals surface area contributed by atoms with Crippen LogP contribution in [0.1, 0.15) is 75.2 Å². The number of amides is 2. The van der Waals surface area contributed by atoms with Crippen LogP contribution in [0.15, 0.2) is 24.3 Å². The van der Waals surface area contributed by atoms with Crippen LogP contribution in [0.25, 0.3) is 0 Å². The molecule has 33 heavy (non-hydrogen) atoms. The van der Waals surface area contributed by atoms with E-state index in [1.165, 1.54) is 12.1 Å². The Morgan fingerprint density at radius 3 is 2.52 bits per heavy atom. The topological polar surface area (TPSA) is 52.6 Å². The summed E-state index contributed by atoms with van der Waals surface area (Å²) in [5.74, 6) is -0.324. The number of benzene rings is 1. The van der Waals surface area contributed by atoms with Crippen LogP contribution in [0.4, 0.5) is 13.2 Å². The minimum absolute atomic E-state index is 0.0836. The molecule has 0 aromatic heterocycles. The van der Waals surface area contributed by atoms with E-state index >= 15 is 0 Å². The lowest BCUT2D eigenvalue weighted by molar-refractivity contribution is -0.137. The third-order valence-corrected chi connectivity index (χ3v) is 7.30. The van der Waals surface area contributed by atoms with Gasteiger partial charge in [-0.05, 0) is 69.3 Å². The Morgan fingerprint density at radius 1 is 1.15 bits per heavy atom. The summed E-state index contributed by atoms with van der Waals surface area (Å²) in [5, 5.41) is 2.68. The van der Waals surface area contributed by atoms with Crippen molar-refractivity contribution < 1.29 is 22.8 Å². The summed E-state index contributed by atoms with van der Waals surface area (Å²) in [6, 6.07) is 4.34. The first kappa shape index (κ1) is 25.5. The molecule has 2 fully saturated rings. The first-order chi connectivity index (χ1) is 15.7. The van der Waals surface area contributed by atoms with E-state index in [1.54, 1.807) is 0 Å². The second-order valence-electron chi connectivity index (χ2n) is 9.23. The van der Waals surface area contributed by atoms with Crippen molar-refractivity contribution in [3.63, 3.8) is 0 Å². The van der Waals surface area contributed by atoms with Crippen molar-refractivity contribution in [3.8, 4) is 0 Å². The number of carbonyl (C=O) groups excluding carboxylic acids is 2. The first-order valence-corrected chi connectivity index (χ1v) is 12.2. The van der Waals surface area contributed by atoms with E-state index < -0.39 is 23.7 Å². The molecular formula is C25H36F3N3O2. The summed E-state index contributed by atoms with van der Waals surface area (Å²) < 4.78 is 38.9. The largest absolute Gasteiger partial charge is 0.416 e. The van der Waals surface area contributed by atoms with Crippen molar-refractivity contribution in [1.82, 2.24) is 15.1 Å². The van der Waals surface area contributed by atoms with Crippen LogP contribution in [0.5, 0.6) is 0 Å². The molecule has 1 aromatic rings. The van der Waals surface area contributed by atoms with E-state index in [0.717, 1.165) is 57.3 Å². The van der Waals surface area contributed by atoms with Crippen molar-refractivity contribution in [1.29, 1.82) is 0 Å². The Kier molecular flexibility index (Phi) is 8.43. The Balaban J connectivity index is 1.66. The molecule has 1 aromatic carbocycles. The van der Waals surface area contributed by atoms with Crippen LogP contribution >= 0.6 is 0 Å². The molecule has 1 saturated heterocycles. The molecule has 1 saturated carbocycles. The standard InChI is InChI=1S/C25H36F3N3O2/c1-4-8-17-16-20(30(5-2)6-3)11-12-22(17)31-14-13-21(24(31)33)29-23(32)18-9-7-10-19(15-18)25(26,27)28/h7,9-10,15,17,20-22H,4-6,8,11-14,16H2,1-3H3,(H,29,32)/t17-,20+,21-,22-/m0/s1. The second kappa shape index (κ2) is 10.9. The van der Waals surface area contributed by atoms with Gasteiger partial charge in [0.05, 0.1) is 5.56 Å². The highest BCUT2D eigenvalue weighted by Gasteiger charge is 2.42. The highest BCUT2D eigenvalue weighted by molar-refractivity contribution is 5.98. The number of carbonyl (C=O) groups is 2. The van der Waals surface area contributed by atoms with Gasteiger partial charge in [0.1, 0.15) is 6.04 Å². The lowest BCUT2D eigenvalue weighted by atomic mass is 9.78. The van der Waals surface area contributed by atoms with Gasteiger partial charge >= 0.3 is 6.18 Å². The minimum atomic E-state index is -4.52. The van der Waals surface area contributed by atoms with Crippen LogP contribution in [-0.2, 0) is 11.0 Å². The van der Waals surface area contributed by atoms with Gasteiger partial charge in [-0.15, -0.1) is 0 Å². The zero-order valence-corrected chi connectivity index (χ0v) is 19.8. The zero-order chi connectivity index (χ0) is 24.2. The minimum Gasteiger partial charge on any atom is -0.340 e. The molecule has 0 radical (unpaired) electrons. The maximum atomic E-state index is 13.2. The van der Waals surface area contributed by atoms with Gasteiger partial charge in [-0.25, -0.2) is 0 Å². The van der Waals surface area contributed by atoms with E-state index in [4.69, 9.17) is 0 Å². The lowest BCUT2D eigenvalue weighted by Crippen LogP contribution is -2.51. The molecule has 5 nitrogen and oxygen atoms in total. The van der Waals surface area contributed by atoms with Crippen molar-refractivity contribution in [2.45, 2.75) is 83.6 Å². The third kappa shape index (κ3) is 5.89. The number of alkyl halides is 3. The predicted octanol–water partition coefficient (Wildman–Crippen LogP) is 4.72. The first-order valence-electron chi connectivity index (χ1n) is 12.2. The van der Waals surface area contributed by atoms with Gasteiger partial charge in [0, 0.05) is 24.2 Å². The number of hydrogen-bond donors (Lipinski definition) is 1. The fourth-order valence-electron chi connectivity index (χ4n) is 5.63. The Hall–Kier alpha value is -2.09. The molecule has 184 valence electrons. The van der Waals surface area contributed by atoms with E-state index in [1.807, 2.05) is 4.90 Å². The molecule has 0 bridgehead atoms. The number of hydrogen-bond acceptors (Lipinski definition) is 3. The second-order valence-corrected chi connectivity index (χ2v) is 9.23. The van der Waals surface area contributed by atoms with Gasteiger partial charge in [-0.3, -0.25) is 9.59 Å². The summed E-state index contributed by atoms with van der Waals surface area (Å²) in [4.78, 5) is 30.2. The van der Waals surface area contributed by atoms with Crippen molar-refractivity contribution >= 4 is 11.8 Å².